The summed E-state index contributed by atoms with van der Waals surface area (Å²) in [7, 11) is 0. The maximum atomic E-state index is 12.8. The van der Waals surface area contributed by atoms with Crippen molar-refractivity contribution in [2.75, 3.05) is 15.5 Å². The summed E-state index contributed by atoms with van der Waals surface area (Å²) < 4.78 is 0. The second-order valence-electron chi connectivity index (χ2n) is 7.79. The first kappa shape index (κ1) is 22.5. The van der Waals surface area contributed by atoms with E-state index in [1.165, 1.54) is 4.90 Å². The van der Waals surface area contributed by atoms with Gasteiger partial charge in [-0.2, -0.15) is 0 Å². The minimum Gasteiger partial charge on any atom is -0.324 e. The average Bonchev–Trinajstić information content (AvgIpc) is 2.89. The van der Waals surface area contributed by atoms with Crippen LogP contribution in [0.4, 0.5) is 22.0 Å². The van der Waals surface area contributed by atoms with Crippen LogP contribution >= 0.6 is 11.6 Å². The fourth-order valence-electron chi connectivity index (χ4n) is 3.70. The molecule has 4 N–H and O–H groups in total. The Kier molecular flexibility index (Phi) is 6.09. The van der Waals surface area contributed by atoms with Crippen molar-refractivity contribution in [3.63, 3.8) is 0 Å². The number of aromatic nitrogens is 3. The number of halogens is 1. The van der Waals surface area contributed by atoms with E-state index in [0.717, 1.165) is 16.8 Å². The molecule has 0 aliphatic carbocycles. The Morgan fingerprint density at radius 1 is 1.11 bits per heavy atom. The molecule has 9 nitrogen and oxygen atoms in total. The molecule has 4 aromatic rings. The molecule has 0 unspecified atom stereocenters. The Labute approximate surface area is 206 Å². The van der Waals surface area contributed by atoms with E-state index in [-0.39, 0.29) is 19.0 Å². The molecule has 3 heterocycles. The number of amides is 3. The number of nitrogens with zero attached hydrogens (tertiary/aromatic N) is 4. The minimum atomic E-state index is -0.394. The normalized spacial score (nSPS) is 12.6. The molecular formula is C25H20ClN7O2. The number of carbonyl (C=O) groups excluding carboxylic acids is 2. The molecule has 1 aliphatic rings. The van der Waals surface area contributed by atoms with Gasteiger partial charge >= 0.3 is 6.03 Å². The number of nitrogens with two attached hydrogens (primary N) is 1. The van der Waals surface area contributed by atoms with Gasteiger partial charge in [-0.3, -0.25) is 20.0 Å². The van der Waals surface area contributed by atoms with E-state index in [1.807, 2.05) is 30.3 Å². The molecule has 10 heteroatoms. The molecule has 0 radical (unpaired) electrons. The number of rotatable bonds is 5. The lowest BCUT2D eigenvalue weighted by atomic mass is 10.1. The van der Waals surface area contributed by atoms with Gasteiger partial charge in [-0.05, 0) is 42.5 Å². The maximum Gasteiger partial charge on any atom is 0.327 e. The van der Waals surface area contributed by atoms with Gasteiger partial charge in [0, 0.05) is 34.8 Å². The molecule has 0 atom stereocenters. The van der Waals surface area contributed by atoms with Crippen molar-refractivity contribution in [3.8, 4) is 11.3 Å². The zero-order valence-electron chi connectivity index (χ0n) is 18.4. The number of anilines is 3. The van der Waals surface area contributed by atoms with Gasteiger partial charge < -0.3 is 11.1 Å². The maximum absolute atomic E-state index is 12.8. The summed E-state index contributed by atoms with van der Waals surface area (Å²) in [5.74, 6) is 0.576. The molecule has 0 saturated heterocycles. The van der Waals surface area contributed by atoms with Gasteiger partial charge in [0.1, 0.15) is 11.6 Å². The molecule has 35 heavy (non-hydrogen) atoms. The number of urea groups is 1. The fraction of sp³-hybridized carbons (Fsp3) is 0.0800. The molecule has 0 bridgehead atoms. The highest BCUT2D eigenvalue weighted by Crippen LogP contribution is 2.33. The third kappa shape index (κ3) is 4.68. The lowest BCUT2D eigenvalue weighted by Gasteiger charge is -2.29. The van der Waals surface area contributed by atoms with Crippen LogP contribution in [0.5, 0.6) is 0 Å². The van der Waals surface area contributed by atoms with Gasteiger partial charge in [0.15, 0.2) is 0 Å². The van der Waals surface area contributed by atoms with Crippen LogP contribution in [0.3, 0.4) is 0 Å². The molecule has 0 fully saturated rings. The molecule has 174 valence electrons. The van der Waals surface area contributed by atoms with Gasteiger partial charge in [0.05, 0.1) is 29.5 Å². The van der Waals surface area contributed by atoms with Crippen LogP contribution in [0.25, 0.3) is 11.3 Å². The first-order valence-corrected chi connectivity index (χ1v) is 11.2. The Bertz CT molecular complexity index is 1410. The van der Waals surface area contributed by atoms with E-state index in [4.69, 9.17) is 17.3 Å². The molecule has 2 aromatic heterocycles. The van der Waals surface area contributed by atoms with Gasteiger partial charge in [-0.15, -0.1) is 0 Å². The predicted octanol–water partition coefficient (Wildman–Crippen LogP) is 4.46. The molecule has 0 saturated carbocycles. The van der Waals surface area contributed by atoms with Gasteiger partial charge in [-0.1, -0.05) is 29.8 Å². The second-order valence-corrected chi connectivity index (χ2v) is 8.20. The summed E-state index contributed by atoms with van der Waals surface area (Å²) in [4.78, 5) is 39.9. The largest absolute Gasteiger partial charge is 0.327 e. The van der Waals surface area contributed by atoms with E-state index < -0.39 is 6.03 Å². The Morgan fingerprint density at radius 2 is 1.94 bits per heavy atom. The third-order valence-corrected chi connectivity index (χ3v) is 5.82. The summed E-state index contributed by atoms with van der Waals surface area (Å²) in [5, 5.41) is 5.97. The van der Waals surface area contributed by atoms with Gasteiger partial charge in [-0.25, -0.2) is 14.8 Å². The first-order valence-electron chi connectivity index (χ1n) is 10.8. The van der Waals surface area contributed by atoms with Crippen LogP contribution in [-0.2, 0) is 13.1 Å². The van der Waals surface area contributed by atoms with Crippen molar-refractivity contribution in [1.29, 1.82) is 0 Å². The lowest BCUT2D eigenvalue weighted by Crippen LogP contribution is -2.39. The highest BCUT2D eigenvalue weighted by molar-refractivity contribution is 6.34. The van der Waals surface area contributed by atoms with Crippen LogP contribution in [0.2, 0.25) is 5.02 Å². The minimum absolute atomic E-state index is 0.173. The van der Waals surface area contributed by atoms with Crippen LogP contribution in [-0.4, -0.2) is 26.9 Å². The smallest absolute Gasteiger partial charge is 0.324 e. The van der Waals surface area contributed by atoms with E-state index >= 15 is 0 Å². The van der Waals surface area contributed by atoms with Crippen molar-refractivity contribution < 1.29 is 9.59 Å². The van der Waals surface area contributed by atoms with Gasteiger partial charge in [0.2, 0.25) is 0 Å². The van der Waals surface area contributed by atoms with E-state index in [9.17, 15) is 9.59 Å². The Balaban J connectivity index is 1.35. The highest BCUT2D eigenvalue weighted by atomic mass is 35.5. The summed E-state index contributed by atoms with van der Waals surface area (Å²) in [6, 6.07) is 17.4. The number of hydrogen-bond acceptors (Lipinski definition) is 6. The van der Waals surface area contributed by atoms with Crippen molar-refractivity contribution in [2.24, 2.45) is 5.73 Å². The molecule has 2 aromatic carbocycles. The van der Waals surface area contributed by atoms with Crippen molar-refractivity contribution >= 4 is 40.7 Å². The second kappa shape index (κ2) is 9.49. The number of pyridine rings is 1. The molecule has 3 amide bonds. The fourth-order valence-corrected chi connectivity index (χ4v) is 3.92. The van der Waals surface area contributed by atoms with E-state index in [1.54, 1.807) is 42.7 Å². The van der Waals surface area contributed by atoms with Crippen molar-refractivity contribution in [3.05, 3.63) is 95.0 Å². The summed E-state index contributed by atoms with van der Waals surface area (Å²) in [6.07, 6.45) is 3.35. The van der Waals surface area contributed by atoms with Crippen molar-refractivity contribution in [1.82, 2.24) is 15.0 Å². The predicted molar refractivity (Wildman–Crippen MR) is 134 cm³/mol. The lowest BCUT2D eigenvalue weighted by molar-refractivity contribution is 0.102. The first-order chi connectivity index (χ1) is 17.0. The number of benzene rings is 2. The number of hydrogen-bond donors (Lipinski definition) is 3. The average molecular weight is 486 g/mol. The molecule has 5 rings (SSSR count). The Morgan fingerprint density at radius 3 is 2.69 bits per heavy atom. The zero-order chi connectivity index (χ0) is 24.4. The standard InChI is InChI=1S/C25H20ClN7O2/c26-19-9-8-18(30-24(34)16-6-4-15(5-7-16)20-3-1-2-10-28-20)11-21(19)33-14-17-13-29-22(12-27)31-23(17)32-25(33)35/h1-11,13H,12,14,27H2,(H,30,34)(H,29,31,32,35). The van der Waals surface area contributed by atoms with Crippen LogP contribution in [0.1, 0.15) is 21.7 Å². The number of fused-ring (bicyclic) bond motifs is 1. The molecule has 0 spiro atoms. The number of nitrogens with one attached hydrogen (secondary N) is 2. The third-order valence-electron chi connectivity index (χ3n) is 5.50. The van der Waals surface area contributed by atoms with E-state index in [0.29, 0.717) is 33.6 Å². The van der Waals surface area contributed by atoms with Crippen LogP contribution < -0.4 is 21.3 Å². The quantitative estimate of drug-likeness (QED) is 0.383. The van der Waals surface area contributed by atoms with Crippen LogP contribution in [0, 0.1) is 0 Å². The van der Waals surface area contributed by atoms with Crippen molar-refractivity contribution in [2.45, 2.75) is 13.1 Å². The highest BCUT2D eigenvalue weighted by Gasteiger charge is 2.27. The monoisotopic (exact) mass is 485 g/mol. The molecule has 1 aliphatic heterocycles. The Hall–Kier alpha value is -4.34. The topological polar surface area (TPSA) is 126 Å². The molecular weight excluding hydrogens is 466 g/mol. The summed E-state index contributed by atoms with van der Waals surface area (Å²) in [5.41, 5.74) is 9.47. The summed E-state index contributed by atoms with van der Waals surface area (Å²) in [6.45, 7) is 0.393. The van der Waals surface area contributed by atoms with Gasteiger partial charge in [0.25, 0.3) is 5.91 Å². The zero-order valence-corrected chi connectivity index (χ0v) is 19.2. The SMILES string of the molecule is NCc1ncc2c(n1)NC(=O)N(c1cc(NC(=O)c3ccc(-c4ccccn4)cc3)ccc1Cl)C2. The van der Waals surface area contributed by atoms with E-state index in [2.05, 4.69) is 25.6 Å². The number of carbonyl (C=O) groups is 2. The van der Waals surface area contributed by atoms with Crippen LogP contribution in [0.15, 0.2) is 73.1 Å². The summed E-state index contributed by atoms with van der Waals surface area (Å²) >= 11 is 6.41.